The molecule has 6 nitrogen and oxygen atoms in total. The van der Waals surface area contributed by atoms with Crippen LogP contribution in [0.25, 0.3) is 0 Å². The van der Waals surface area contributed by atoms with Crippen LogP contribution >= 0.6 is 0 Å². The number of amides is 2. The summed E-state index contributed by atoms with van der Waals surface area (Å²) in [5.74, 6) is -0.0373. The standard InChI is InChI=1S/C17H23N2O4/c1-17(2,3)23-16(22)18-10-5-8-15(21)19-11-9-12-13(19)6-4-7-14(12)20/h4,6-7H,5,8-11H2,1-3H3,(H,18,22). The maximum Gasteiger partial charge on any atom is 0.407 e. The van der Waals surface area contributed by atoms with Crippen LogP contribution in [0.15, 0.2) is 18.2 Å². The Labute approximate surface area is 136 Å². The number of carbonyl (C=O) groups is 2. The van der Waals surface area contributed by atoms with Crippen molar-refractivity contribution in [3.05, 3.63) is 23.8 Å². The van der Waals surface area contributed by atoms with Gasteiger partial charge in [0.25, 0.3) is 0 Å². The lowest BCUT2D eigenvalue weighted by Gasteiger charge is -2.20. The van der Waals surface area contributed by atoms with Gasteiger partial charge in [0.05, 0.1) is 5.69 Å². The van der Waals surface area contributed by atoms with Crippen LogP contribution in [0, 0.1) is 0 Å². The third-order valence-electron chi connectivity index (χ3n) is 3.52. The molecule has 2 amide bonds. The lowest BCUT2D eigenvalue weighted by atomic mass is 10.1. The van der Waals surface area contributed by atoms with Crippen LogP contribution in [0.1, 0.15) is 39.2 Å². The molecular formula is C17H23N2O4. The number of alkyl carbamates (subject to hydrolysis) is 1. The molecule has 125 valence electrons. The van der Waals surface area contributed by atoms with E-state index in [1.165, 1.54) is 6.07 Å². The minimum absolute atomic E-state index is 0.00982. The van der Waals surface area contributed by atoms with Gasteiger partial charge in [-0.05, 0) is 45.7 Å². The zero-order chi connectivity index (χ0) is 17.0. The van der Waals surface area contributed by atoms with E-state index in [9.17, 15) is 14.7 Å². The van der Waals surface area contributed by atoms with Crippen molar-refractivity contribution in [3.8, 4) is 5.75 Å². The summed E-state index contributed by atoms with van der Waals surface area (Å²) in [5.41, 5.74) is 0.908. The third kappa shape index (κ3) is 4.61. The van der Waals surface area contributed by atoms with E-state index >= 15 is 0 Å². The molecule has 1 aliphatic heterocycles. The fraction of sp³-hybridized carbons (Fsp3) is 0.529. The van der Waals surface area contributed by atoms with Crippen molar-refractivity contribution in [1.29, 1.82) is 0 Å². The van der Waals surface area contributed by atoms with Gasteiger partial charge in [-0.1, -0.05) is 6.07 Å². The highest BCUT2D eigenvalue weighted by atomic mass is 16.6. The molecule has 0 spiro atoms. The van der Waals surface area contributed by atoms with Crippen LogP contribution in [0.5, 0.6) is 5.75 Å². The molecule has 0 unspecified atom stereocenters. The van der Waals surface area contributed by atoms with E-state index in [2.05, 4.69) is 5.32 Å². The highest BCUT2D eigenvalue weighted by molar-refractivity contribution is 5.95. The molecule has 1 aliphatic rings. The first-order chi connectivity index (χ1) is 10.8. The Kier molecular flexibility index (Phi) is 5.13. The highest BCUT2D eigenvalue weighted by Gasteiger charge is 2.26. The van der Waals surface area contributed by atoms with Crippen molar-refractivity contribution in [1.82, 2.24) is 5.32 Å². The molecule has 1 heterocycles. The smallest absolute Gasteiger partial charge is 0.407 e. The first kappa shape index (κ1) is 17.1. The Balaban J connectivity index is 1.77. The number of hydrogen-bond acceptors (Lipinski definition) is 3. The molecular weight excluding hydrogens is 296 g/mol. The van der Waals surface area contributed by atoms with Crippen molar-refractivity contribution < 1.29 is 19.4 Å². The fourth-order valence-corrected chi connectivity index (χ4v) is 2.54. The second-order valence-electron chi connectivity index (χ2n) is 6.58. The van der Waals surface area contributed by atoms with Gasteiger partial charge >= 0.3 is 6.09 Å². The van der Waals surface area contributed by atoms with Gasteiger partial charge in [-0.2, -0.15) is 0 Å². The molecule has 1 N–H and O–H groups in total. The third-order valence-corrected chi connectivity index (χ3v) is 3.52. The molecule has 0 fully saturated rings. The molecule has 1 aromatic rings. The first-order valence-corrected chi connectivity index (χ1v) is 7.84. The number of anilines is 1. The number of fused-ring (bicyclic) bond motifs is 1. The summed E-state index contributed by atoms with van der Waals surface area (Å²) in [6.07, 6.45) is 0.975. The van der Waals surface area contributed by atoms with Crippen molar-refractivity contribution in [2.75, 3.05) is 18.0 Å². The van der Waals surface area contributed by atoms with Crippen LogP contribution in [0.3, 0.4) is 0 Å². The van der Waals surface area contributed by atoms with Crippen LogP contribution < -0.4 is 10.2 Å². The molecule has 0 saturated carbocycles. The van der Waals surface area contributed by atoms with E-state index in [-0.39, 0.29) is 11.7 Å². The quantitative estimate of drug-likeness (QED) is 0.866. The molecule has 1 radical (unpaired) electrons. The lowest BCUT2D eigenvalue weighted by molar-refractivity contribution is -0.118. The summed E-state index contributed by atoms with van der Waals surface area (Å²) in [7, 11) is 0. The SMILES string of the molecule is CC(C)(C)OC(=O)NCCCC(=O)N1CCc2c([O])cccc21. The van der Waals surface area contributed by atoms with E-state index in [1.54, 1.807) is 37.8 Å². The van der Waals surface area contributed by atoms with Gasteiger partial charge in [-0.15, -0.1) is 0 Å². The highest BCUT2D eigenvalue weighted by Crippen LogP contribution is 2.34. The Bertz CT molecular complexity index is 593. The minimum Gasteiger partial charge on any atom is -0.444 e. The van der Waals surface area contributed by atoms with Crippen molar-refractivity contribution in [2.24, 2.45) is 0 Å². The summed E-state index contributed by atoms with van der Waals surface area (Å²) in [6.45, 7) is 6.32. The second kappa shape index (κ2) is 6.89. The summed E-state index contributed by atoms with van der Waals surface area (Å²) >= 11 is 0. The van der Waals surface area contributed by atoms with Crippen molar-refractivity contribution in [3.63, 3.8) is 0 Å². The maximum atomic E-state index is 12.3. The van der Waals surface area contributed by atoms with Gasteiger partial charge < -0.3 is 15.0 Å². The number of carbonyl (C=O) groups excluding carboxylic acids is 2. The number of hydrogen-bond donors (Lipinski definition) is 1. The average Bonchev–Trinajstić information content (AvgIpc) is 2.87. The normalized spacial score (nSPS) is 13.6. The van der Waals surface area contributed by atoms with Gasteiger partial charge in [-0.3, -0.25) is 9.90 Å². The van der Waals surface area contributed by atoms with Crippen molar-refractivity contribution >= 4 is 17.7 Å². The number of benzene rings is 1. The van der Waals surface area contributed by atoms with Gasteiger partial charge in [0.2, 0.25) is 5.91 Å². The van der Waals surface area contributed by atoms with Gasteiger partial charge in [0.15, 0.2) is 5.75 Å². The number of nitrogens with one attached hydrogen (secondary N) is 1. The fourth-order valence-electron chi connectivity index (χ4n) is 2.54. The molecule has 0 bridgehead atoms. The molecule has 0 atom stereocenters. The largest absolute Gasteiger partial charge is 0.444 e. The predicted octanol–water partition coefficient (Wildman–Crippen LogP) is 3.02. The molecule has 0 aromatic heterocycles. The molecule has 1 aromatic carbocycles. The summed E-state index contributed by atoms with van der Waals surface area (Å²) < 4.78 is 5.12. The lowest BCUT2D eigenvalue weighted by Crippen LogP contribution is -2.34. The van der Waals surface area contributed by atoms with E-state index in [4.69, 9.17) is 4.74 Å². The topological polar surface area (TPSA) is 78.5 Å². The molecule has 2 rings (SSSR count). The monoisotopic (exact) mass is 319 g/mol. The minimum atomic E-state index is -0.533. The molecule has 23 heavy (non-hydrogen) atoms. The Morgan fingerprint density at radius 1 is 1.30 bits per heavy atom. The van der Waals surface area contributed by atoms with Gasteiger partial charge in [0.1, 0.15) is 5.60 Å². The summed E-state index contributed by atoms with van der Waals surface area (Å²) in [5, 5.41) is 14.4. The van der Waals surface area contributed by atoms with Crippen LogP contribution in [-0.2, 0) is 21.1 Å². The summed E-state index contributed by atoms with van der Waals surface area (Å²) in [4.78, 5) is 25.4. The van der Waals surface area contributed by atoms with E-state index < -0.39 is 11.7 Å². The van der Waals surface area contributed by atoms with Gasteiger partial charge in [-0.25, -0.2) is 4.79 Å². The summed E-state index contributed by atoms with van der Waals surface area (Å²) in [6, 6.07) is 5.01. The van der Waals surface area contributed by atoms with Gasteiger partial charge in [0, 0.05) is 25.1 Å². The zero-order valence-corrected chi connectivity index (χ0v) is 13.8. The Morgan fingerprint density at radius 3 is 2.74 bits per heavy atom. The molecule has 0 saturated heterocycles. The average molecular weight is 319 g/mol. The van der Waals surface area contributed by atoms with E-state index in [1.807, 2.05) is 0 Å². The molecule has 6 heteroatoms. The second-order valence-corrected chi connectivity index (χ2v) is 6.58. The van der Waals surface area contributed by atoms with E-state index in [0.717, 1.165) is 5.69 Å². The number of ether oxygens (including phenoxy) is 1. The first-order valence-electron chi connectivity index (χ1n) is 7.84. The number of nitrogens with zero attached hydrogens (tertiary/aromatic N) is 1. The Hall–Kier alpha value is -2.24. The number of rotatable bonds is 4. The van der Waals surface area contributed by atoms with E-state index in [0.29, 0.717) is 37.9 Å². The maximum absolute atomic E-state index is 12.3. The molecule has 0 aliphatic carbocycles. The van der Waals surface area contributed by atoms with Crippen LogP contribution in [0.2, 0.25) is 0 Å². The Morgan fingerprint density at radius 2 is 2.04 bits per heavy atom. The predicted molar refractivity (Wildman–Crippen MR) is 86.1 cm³/mol. The van der Waals surface area contributed by atoms with Crippen LogP contribution in [-0.4, -0.2) is 30.7 Å². The zero-order valence-electron chi connectivity index (χ0n) is 13.8. The van der Waals surface area contributed by atoms with Crippen molar-refractivity contribution in [2.45, 2.75) is 45.6 Å². The van der Waals surface area contributed by atoms with Crippen LogP contribution in [0.4, 0.5) is 10.5 Å².